The van der Waals surface area contributed by atoms with Crippen molar-refractivity contribution in [2.75, 3.05) is 18.7 Å². The van der Waals surface area contributed by atoms with Gasteiger partial charge in [0.25, 0.3) is 0 Å². The summed E-state index contributed by atoms with van der Waals surface area (Å²) < 4.78 is 7.54. The van der Waals surface area contributed by atoms with Crippen molar-refractivity contribution in [3.8, 4) is 11.1 Å². The highest BCUT2D eigenvalue weighted by molar-refractivity contribution is 5.99. The van der Waals surface area contributed by atoms with Crippen LogP contribution in [0.25, 0.3) is 11.1 Å². The predicted octanol–water partition coefficient (Wildman–Crippen LogP) is 4.14. The van der Waals surface area contributed by atoms with Crippen LogP contribution in [-0.4, -0.2) is 30.6 Å². The largest absolute Gasteiger partial charge is 0.364 e. The average molecular weight is 366 g/mol. The van der Waals surface area contributed by atoms with E-state index in [0.29, 0.717) is 6.42 Å². The number of fused-ring (bicyclic) bond motifs is 2. The number of aldehydes is 1. The zero-order valence-electron chi connectivity index (χ0n) is 16.0. The number of aromatic nitrogens is 1. The molecule has 4 rings (SSSR count). The Bertz CT molecular complexity index is 886. The molecule has 2 aliphatic heterocycles. The summed E-state index contributed by atoms with van der Waals surface area (Å²) >= 11 is 0. The Labute approximate surface area is 159 Å². The molecule has 5 heteroatoms. The van der Waals surface area contributed by atoms with Crippen LogP contribution >= 0.6 is 0 Å². The first-order valence-corrected chi connectivity index (χ1v) is 9.73. The van der Waals surface area contributed by atoms with E-state index in [-0.39, 0.29) is 18.1 Å². The van der Waals surface area contributed by atoms with E-state index in [1.165, 1.54) is 5.69 Å². The van der Waals surface area contributed by atoms with Crippen LogP contribution in [0.15, 0.2) is 30.3 Å². The zero-order chi connectivity index (χ0) is 19.0. The minimum atomic E-state index is -0.0688. The van der Waals surface area contributed by atoms with Gasteiger partial charge in [-0.05, 0) is 37.8 Å². The number of para-hydroxylation sites is 1. The average Bonchev–Trinajstić information content (AvgIpc) is 3.10. The molecule has 5 nitrogen and oxygen atoms in total. The number of rotatable bonds is 4. The smallest absolute Gasteiger partial charge is 0.228 e. The van der Waals surface area contributed by atoms with Crippen LogP contribution < -0.4 is 4.90 Å². The molecular formula is C22H26N2O3. The number of methoxy groups -OCH3 is 1. The highest BCUT2D eigenvalue weighted by Gasteiger charge is 2.41. The van der Waals surface area contributed by atoms with Crippen molar-refractivity contribution in [1.29, 1.82) is 0 Å². The lowest BCUT2D eigenvalue weighted by Gasteiger charge is -2.39. The van der Waals surface area contributed by atoms with E-state index in [9.17, 15) is 9.59 Å². The lowest BCUT2D eigenvalue weighted by molar-refractivity contribution is -0.120. The highest BCUT2D eigenvalue weighted by atomic mass is 16.5. The maximum absolute atomic E-state index is 13.1. The molecule has 0 bridgehead atoms. The molecule has 142 valence electrons. The third kappa shape index (κ3) is 2.72. The number of anilines is 1. The maximum Gasteiger partial charge on any atom is 0.228 e. The summed E-state index contributed by atoms with van der Waals surface area (Å²) in [5.41, 5.74) is 4.84. The molecule has 3 heterocycles. The van der Waals surface area contributed by atoms with Gasteiger partial charge in [0.2, 0.25) is 5.91 Å². The molecule has 0 saturated carbocycles. The minimum absolute atomic E-state index is 0.0688. The van der Waals surface area contributed by atoms with Crippen LogP contribution in [0.5, 0.6) is 0 Å². The number of benzene rings is 1. The first-order chi connectivity index (χ1) is 13.1. The number of ether oxygens (including phenoxy) is 1. The molecule has 27 heavy (non-hydrogen) atoms. The Balaban J connectivity index is 2.04. The number of hydrogen-bond acceptors (Lipinski definition) is 3. The molecule has 1 aromatic heterocycles. The van der Waals surface area contributed by atoms with Crippen molar-refractivity contribution < 1.29 is 14.3 Å². The van der Waals surface area contributed by atoms with Gasteiger partial charge in [0.1, 0.15) is 6.73 Å². The Morgan fingerprint density at radius 2 is 2.04 bits per heavy atom. The third-order valence-corrected chi connectivity index (χ3v) is 6.33. The van der Waals surface area contributed by atoms with Crippen LogP contribution in [0.1, 0.15) is 55.2 Å². The van der Waals surface area contributed by atoms with Gasteiger partial charge in [0, 0.05) is 42.3 Å². The van der Waals surface area contributed by atoms with Gasteiger partial charge >= 0.3 is 0 Å². The van der Waals surface area contributed by atoms with Crippen molar-refractivity contribution >= 4 is 17.9 Å². The summed E-state index contributed by atoms with van der Waals surface area (Å²) in [5.74, 6) is 0.0926. The minimum Gasteiger partial charge on any atom is -0.364 e. The van der Waals surface area contributed by atoms with Gasteiger partial charge in [-0.2, -0.15) is 0 Å². The second kappa shape index (κ2) is 6.97. The lowest BCUT2D eigenvalue weighted by Crippen LogP contribution is -2.36. The van der Waals surface area contributed by atoms with Gasteiger partial charge in [-0.15, -0.1) is 0 Å². The quantitative estimate of drug-likeness (QED) is 0.764. The molecule has 1 unspecified atom stereocenters. The first-order valence-electron chi connectivity index (χ1n) is 9.73. The number of amides is 1. The van der Waals surface area contributed by atoms with Crippen molar-refractivity contribution in [3.05, 3.63) is 41.7 Å². The van der Waals surface area contributed by atoms with Crippen molar-refractivity contribution in [2.24, 2.45) is 0 Å². The molecule has 1 aromatic carbocycles. The van der Waals surface area contributed by atoms with E-state index in [4.69, 9.17) is 4.74 Å². The van der Waals surface area contributed by atoms with Crippen LogP contribution in [0.2, 0.25) is 0 Å². The number of carbonyl (C=O) groups excluding carboxylic acids is 2. The van der Waals surface area contributed by atoms with Crippen LogP contribution in [0.3, 0.4) is 0 Å². The van der Waals surface area contributed by atoms with Crippen molar-refractivity contribution in [2.45, 2.75) is 51.0 Å². The second-order valence-corrected chi connectivity index (χ2v) is 7.60. The molecule has 0 spiro atoms. The van der Waals surface area contributed by atoms with Crippen LogP contribution in [0, 0.1) is 0 Å². The van der Waals surface area contributed by atoms with E-state index < -0.39 is 0 Å². The topological polar surface area (TPSA) is 51.5 Å². The molecule has 2 aliphatic rings. The SMILES string of the molecule is CCC12CCCn3c(C=O)cc(c31)-c1ccccc1N(COC)C(=O)CC2. The fourth-order valence-electron chi connectivity index (χ4n) is 4.97. The van der Waals surface area contributed by atoms with Crippen molar-refractivity contribution in [3.63, 3.8) is 0 Å². The fraction of sp³-hybridized carbons (Fsp3) is 0.455. The summed E-state index contributed by atoms with van der Waals surface area (Å²) in [6, 6.07) is 9.98. The van der Waals surface area contributed by atoms with Crippen LogP contribution in [-0.2, 0) is 21.5 Å². The van der Waals surface area contributed by atoms with Crippen LogP contribution in [0.4, 0.5) is 5.69 Å². The maximum atomic E-state index is 13.1. The summed E-state index contributed by atoms with van der Waals surface area (Å²) in [6.07, 6.45) is 5.29. The van der Waals surface area contributed by atoms with E-state index in [0.717, 1.165) is 61.0 Å². The molecule has 1 amide bonds. The van der Waals surface area contributed by atoms with E-state index in [1.54, 1.807) is 12.0 Å². The fourth-order valence-corrected chi connectivity index (χ4v) is 4.97. The van der Waals surface area contributed by atoms with Gasteiger partial charge in [-0.1, -0.05) is 25.1 Å². The van der Waals surface area contributed by atoms with E-state index >= 15 is 0 Å². The Hall–Kier alpha value is -2.40. The molecule has 1 atom stereocenters. The molecule has 2 aromatic rings. The van der Waals surface area contributed by atoms with E-state index in [1.807, 2.05) is 24.3 Å². The Kier molecular flexibility index (Phi) is 4.64. The Morgan fingerprint density at radius 1 is 1.22 bits per heavy atom. The number of hydrogen-bond donors (Lipinski definition) is 0. The molecular weight excluding hydrogens is 340 g/mol. The predicted molar refractivity (Wildman–Crippen MR) is 105 cm³/mol. The normalized spacial score (nSPS) is 21.7. The van der Waals surface area contributed by atoms with Gasteiger partial charge in [0.15, 0.2) is 6.29 Å². The standard InChI is InChI=1S/C22H26N2O3/c1-3-22-10-6-12-23-16(14-25)13-18(21(22)23)17-7-4-5-8-19(17)24(15-27-2)20(26)9-11-22/h4-5,7-8,13-14H,3,6,9-12,15H2,1-2H3. The summed E-state index contributed by atoms with van der Waals surface area (Å²) in [7, 11) is 1.61. The summed E-state index contributed by atoms with van der Waals surface area (Å²) in [5, 5.41) is 0. The van der Waals surface area contributed by atoms with Gasteiger partial charge < -0.3 is 9.30 Å². The molecule has 0 saturated heterocycles. The highest BCUT2D eigenvalue weighted by Crippen LogP contribution is 2.49. The molecule has 0 aliphatic carbocycles. The zero-order valence-corrected chi connectivity index (χ0v) is 16.0. The number of carbonyl (C=O) groups is 2. The summed E-state index contributed by atoms with van der Waals surface area (Å²) in [6.45, 7) is 3.29. The van der Waals surface area contributed by atoms with E-state index in [2.05, 4.69) is 17.6 Å². The summed E-state index contributed by atoms with van der Waals surface area (Å²) in [4.78, 5) is 26.6. The van der Waals surface area contributed by atoms with Gasteiger partial charge in [-0.3, -0.25) is 14.5 Å². The number of nitrogens with zero attached hydrogens (tertiary/aromatic N) is 2. The Morgan fingerprint density at radius 3 is 2.78 bits per heavy atom. The van der Waals surface area contributed by atoms with Gasteiger partial charge in [-0.25, -0.2) is 0 Å². The third-order valence-electron chi connectivity index (χ3n) is 6.33. The molecule has 0 fully saturated rings. The first kappa shape index (κ1) is 18.0. The molecule has 0 radical (unpaired) electrons. The lowest BCUT2D eigenvalue weighted by atomic mass is 9.70. The van der Waals surface area contributed by atoms with Gasteiger partial charge in [0.05, 0.1) is 11.4 Å². The second-order valence-electron chi connectivity index (χ2n) is 7.60. The molecule has 0 N–H and O–H groups in total. The monoisotopic (exact) mass is 366 g/mol. The van der Waals surface area contributed by atoms with Crippen molar-refractivity contribution in [1.82, 2.24) is 4.57 Å².